The molecule has 0 saturated carbocycles. The van der Waals surface area contributed by atoms with Crippen molar-refractivity contribution in [2.24, 2.45) is 0 Å². The van der Waals surface area contributed by atoms with Gasteiger partial charge in [-0.3, -0.25) is 0 Å². The Labute approximate surface area is 74.8 Å². The van der Waals surface area contributed by atoms with E-state index in [-0.39, 0.29) is 11.2 Å². The van der Waals surface area contributed by atoms with E-state index in [2.05, 4.69) is 20.8 Å². The Balaban J connectivity index is 3.14. The lowest BCUT2D eigenvalue weighted by Gasteiger charge is -2.19. The van der Waals surface area contributed by atoms with Crippen molar-refractivity contribution in [1.29, 1.82) is 0 Å². The Morgan fingerprint density at radius 3 is 2.25 bits per heavy atom. The fourth-order valence-electron chi connectivity index (χ4n) is 1.01. The molecule has 0 aliphatic heterocycles. The zero-order valence-electron chi connectivity index (χ0n) is 7.76. The van der Waals surface area contributed by atoms with Crippen molar-refractivity contribution in [3.63, 3.8) is 0 Å². The van der Waals surface area contributed by atoms with Gasteiger partial charge < -0.3 is 5.11 Å². The first-order valence-corrected chi connectivity index (χ1v) is 4.00. The van der Waals surface area contributed by atoms with Gasteiger partial charge in [-0.2, -0.15) is 0 Å². The molecule has 0 saturated heterocycles. The van der Waals surface area contributed by atoms with E-state index < -0.39 is 0 Å². The standard InChI is InChI=1S/C10H13BO/c1-10(2,3)7-4-5-8(11)9(12)6-7/h4-6,12H,1-3H3. The van der Waals surface area contributed by atoms with E-state index in [0.717, 1.165) is 5.56 Å². The molecule has 1 rings (SSSR count). The van der Waals surface area contributed by atoms with Crippen molar-refractivity contribution in [3.05, 3.63) is 23.8 Å². The molecule has 1 N–H and O–H groups in total. The van der Waals surface area contributed by atoms with Crippen molar-refractivity contribution in [2.45, 2.75) is 26.2 Å². The number of rotatable bonds is 0. The predicted molar refractivity (Wildman–Crippen MR) is 52.2 cm³/mol. The summed E-state index contributed by atoms with van der Waals surface area (Å²) in [5.74, 6) is 0.169. The van der Waals surface area contributed by atoms with Crippen LogP contribution in [-0.2, 0) is 5.41 Å². The maximum Gasteiger partial charge on any atom is 0.118 e. The van der Waals surface area contributed by atoms with E-state index in [1.54, 1.807) is 12.1 Å². The van der Waals surface area contributed by atoms with Crippen LogP contribution in [-0.4, -0.2) is 13.0 Å². The quantitative estimate of drug-likeness (QED) is 0.570. The molecule has 1 aromatic carbocycles. The van der Waals surface area contributed by atoms with E-state index >= 15 is 0 Å². The molecule has 0 bridgehead atoms. The molecule has 2 heteroatoms. The summed E-state index contributed by atoms with van der Waals surface area (Å²) in [6.45, 7) is 6.29. The van der Waals surface area contributed by atoms with Crippen LogP contribution in [0.25, 0.3) is 0 Å². The first-order valence-electron chi connectivity index (χ1n) is 4.00. The first kappa shape index (κ1) is 9.18. The van der Waals surface area contributed by atoms with Crippen molar-refractivity contribution in [2.75, 3.05) is 0 Å². The predicted octanol–water partition coefficient (Wildman–Crippen LogP) is 1.48. The molecule has 0 heterocycles. The van der Waals surface area contributed by atoms with Crippen molar-refractivity contribution in [1.82, 2.24) is 0 Å². The normalized spacial score (nSPS) is 11.6. The lowest BCUT2D eigenvalue weighted by atomic mass is 9.84. The van der Waals surface area contributed by atoms with Gasteiger partial charge in [-0.25, -0.2) is 0 Å². The molecule has 0 unspecified atom stereocenters. The molecule has 0 aliphatic carbocycles. The average Bonchev–Trinajstić information content (AvgIpc) is 1.92. The second kappa shape index (κ2) is 2.85. The molecular formula is C10H13BO. The summed E-state index contributed by atoms with van der Waals surface area (Å²) >= 11 is 0. The monoisotopic (exact) mass is 160 g/mol. The minimum Gasteiger partial charge on any atom is -0.509 e. The fraction of sp³-hybridized carbons (Fsp3) is 0.400. The summed E-state index contributed by atoms with van der Waals surface area (Å²) in [6, 6.07) is 5.39. The lowest BCUT2D eigenvalue weighted by Crippen LogP contribution is -2.13. The van der Waals surface area contributed by atoms with Crippen molar-refractivity contribution in [3.8, 4) is 5.75 Å². The molecule has 0 aromatic heterocycles. The highest BCUT2D eigenvalue weighted by Gasteiger charge is 2.13. The van der Waals surface area contributed by atoms with Crippen molar-refractivity contribution < 1.29 is 5.11 Å². The SMILES string of the molecule is [B]c1ccc(C(C)(C)C)cc1O. The third-order valence-electron chi connectivity index (χ3n) is 1.90. The van der Waals surface area contributed by atoms with Crippen LogP contribution in [0, 0.1) is 0 Å². The largest absolute Gasteiger partial charge is 0.509 e. The molecule has 0 amide bonds. The van der Waals surface area contributed by atoms with Crippen LogP contribution < -0.4 is 5.46 Å². The first-order chi connectivity index (χ1) is 5.41. The number of aromatic hydroxyl groups is 1. The fourth-order valence-corrected chi connectivity index (χ4v) is 1.01. The smallest absolute Gasteiger partial charge is 0.118 e. The molecule has 2 radical (unpaired) electrons. The van der Waals surface area contributed by atoms with E-state index in [1.165, 1.54) is 0 Å². The molecule has 1 aromatic rings. The summed E-state index contributed by atoms with van der Waals surface area (Å²) < 4.78 is 0. The molecule has 0 aliphatic rings. The van der Waals surface area contributed by atoms with Gasteiger partial charge in [0.25, 0.3) is 0 Å². The Morgan fingerprint density at radius 1 is 1.25 bits per heavy atom. The molecule has 0 spiro atoms. The third-order valence-corrected chi connectivity index (χ3v) is 1.90. The molecule has 12 heavy (non-hydrogen) atoms. The van der Waals surface area contributed by atoms with Gasteiger partial charge in [0.2, 0.25) is 0 Å². The van der Waals surface area contributed by atoms with Crippen LogP contribution >= 0.6 is 0 Å². The number of phenolic OH excluding ortho intramolecular Hbond substituents is 1. The summed E-state index contributed by atoms with van der Waals surface area (Å²) in [5, 5.41) is 9.34. The van der Waals surface area contributed by atoms with E-state index in [1.807, 2.05) is 6.07 Å². The Morgan fingerprint density at radius 2 is 1.83 bits per heavy atom. The van der Waals surface area contributed by atoms with Crippen LogP contribution in [0.4, 0.5) is 0 Å². The highest BCUT2D eigenvalue weighted by Crippen LogP contribution is 2.23. The second-order valence-corrected chi connectivity index (χ2v) is 4.02. The highest BCUT2D eigenvalue weighted by molar-refractivity contribution is 6.34. The van der Waals surface area contributed by atoms with Crippen molar-refractivity contribution >= 4 is 13.3 Å². The lowest BCUT2D eigenvalue weighted by molar-refractivity contribution is 0.475. The number of hydrogen-bond acceptors (Lipinski definition) is 1. The van der Waals surface area contributed by atoms with Gasteiger partial charge in [0, 0.05) is 0 Å². The third kappa shape index (κ3) is 1.82. The minimum absolute atomic E-state index is 0.0607. The summed E-state index contributed by atoms with van der Waals surface area (Å²) in [4.78, 5) is 0. The van der Waals surface area contributed by atoms with Gasteiger partial charge in [-0.1, -0.05) is 38.4 Å². The molecule has 1 nitrogen and oxygen atoms in total. The summed E-state index contributed by atoms with van der Waals surface area (Å²) in [5.41, 5.74) is 1.59. The average molecular weight is 160 g/mol. The zero-order chi connectivity index (χ0) is 9.35. The molecule has 62 valence electrons. The number of phenols is 1. The topological polar surface area (TPSA) is 20.2 Å². The van der Waals surface area contributed by atoms with Gasteiger partial charge >= 0.3 is 0 Å². The maximum absolute atomic E-state index is 9.34. The molecule has 0 fully saturated rings. The van der Waals surface area contributed by atoms with Gasteiger partial charge in [-0.15, -0.1) is 0 Å². The second-order valence-electron chi connectivity index (χ2n) is 4.02. The summed E-state index contributed by atoms with van der Waals surface area (Å²) in [6.07, 6.45) is 0. The maximum atomic E-state index is 9.34. The van der Waals surface area contributed by atoms with E-state index in [0.29, 0.717) is 5.46 Å². The van der Waals surface area contributed by atoms with Crippen LogP contribution in [0.2, 0.25) is 0 Å². The van der Waals surface area contributed by atoms with Gasteiger partial charge in [-0.05, 0) is 17.0 Å². The van der Waals surface area contributed by atoms with E-state index in [9.17, 15) is 5.11 Å². The molecular weight excluding hydrogens is 147 g/mol. The van der Waals surface area contributed by atoms with Crippen LogP contribution in [0.3, 0.4) is 0 Å². The summed E-state index contributed by atoms with van der Waals surface area (Å²) in [7, 11) is 5.48. The van der Waals surface area contributed by atoms with E-state index in [4.69, 9.17) is 7.85 Å². The van der Waals surface area contributed by atoms with Gasteiger partial charge in [0.05, 0.1) is 0 Å². The minimum atomic E-state index is 0.0607. The van der Waals surface area contributed by atoms with Crippen LogP contribution in [0.1, 0.15) is 26.3 Å². The number of benzene rings is 1. The Bertz CT molecular complexity index is 286. The Kier molecular flexibility index (Phi) is 2.18. The zero-order valence-corrected chi connectivity index (χ0v) is 7.76. The highest BCUT2D eigenvalue weighted by atomic mass is 16.3. The number of hydrogen-bond donors (Lipinski definition) is 1. The van der Waals surface area contributed by atoms with Crippen LogP contribution in [0.5, 0.6) is 5.75 Å². The van der Waals surface area contributed by atoms with Gasteiger partial charge in [0.1, 0.15) is 13.6 Å². The Hall–Kier alpha value is -0.915. The van der Waals surface area contributed by atoms with Crippen LogP contribution in [0.15, 0.2) is 18.2 Å². The molecule has 0 atom stereocenters. The van der Waals surface area contributed by atoms with Gasteiger partial charge in [0.15, 0.2) is 0 Å².